The summed E-state index contributed by atoms with van der Waals surface area (Å²) in [5.74, 6) is 0. The van der Waals surface area contributed by atoms with E-state index in [9.17, 15) is 0 Å². The average Bonchev–Trinajstić information content (AvgIpc) is 1.91. The summed E-state index contributed by atoms with van der Waals surface area (Å²) >= 11 is 1.91. The van der Waals surface area contributed by atoms with Crippen molar-refractivity contribution in [1.82, 2.24) is 0 Å². The van der Waals surface area contributed by atoms with Gasteiger partial charge in [0, 0.05) is 6.61 Å². The van der Waals surface area contributed by atoms with Crippen LogP contribution in [0.2, 0.25) is 0 Å². The molecule has 0 radical (unpaired) electrons. The van der Waals surface area contributed by atoms with Gasteiger partial charge in [-0.1, -0.05) is 0 Å². The van der Waals surface area contributed by atoms with Gasteiger partial charge in [0.1, 0.15) is 23.0 Å². The van der Waals surface area contributed by atoms with Gasteiger partial charge in [0.05, 0.1) is 12.7 Å². The lowest BCUT2D eigenvalue weighted by atomic mass is 10.1. The number of ether oxygens (including phenoxy) is 1. The largest absolute Gasteiger partial charge is 0.376 e. The summed E-state index contributed by atoms with van der Waals surface area (Å²) in [6.07, 6.45) is 4.06. The number of hydrogen-bond donors (Lipinski definition) is 0. The van der Waals surface area contributed by atoms with Crippen LogP contribution < -0.4 is 0 Å². The van der Waals surface area contributed by atoms with Gasteiger partial charge in [-0.2, -0.15) is 0 Å². The Morgan fingerprint density at radius 3 is 3.00 bits per heavy atom. The van der Waals surface area contributed by atoms with Gasteiger partial charge < -0.3 is 7.80 Å². The summed E-state index contributed by atoms with van der Waals surface area (Å²) in [7, 11) is 0. The van der Waals surface area contributed by atoms with E-state index in [2.05, 4.69) is 0 Å². The highest BCUT2D eigenvalue weighted by atomic mass is 127. The van der Waals surface area contributed by atoms with Crippen molar-refractivity contribution in [3.8, 4) is 0 Å². The zero-order valence-electron chi connectivity index (χ0n) is 5.31. The zero-order valence-corrected chi connectivity index (χ0v) is 7.46. The van der Waals surface area contributed by atoms with Crippen molar-refractivity contribution in [3.63, 3.8) is 0 Å². The summed E-state index contributed by atoms with van der Waals surface area (Å²) in [6.45, 7) is 1.67. The summed E-state index contributed by atoms with van der Waals surface area (Å²) in [4.78, 5) is 0. The first kappa shape index (κ1) is 7.75. The smallest absolute Gasteiger partial charge is 0.109 e. The molecule has 1 saturated heterocycles. The normalized spacial score (nSPS) is 28.3. The van der Waals surface area contributed by atoms with Crippen LogP contribution >= 0.6 is 23.0 Å². The van der Waals surface area contributed by atoms with E-state index in [-0.39, 0.29) is 0 Å². The molecule has 0 saturated carbocycles. The SMILES string of the molecule is IOC[C@@H]1CCCCO1. The van der Waals surface area contributed by atoms with Crippen LogP contribution in [-0.2, 0) is 7.80 Å². The van der Waals surface area contributed by atoms with Gasteiger partial charge in [-0.05, 0) is 19.3 Å². The molecule has 0 N–H and O–H groups in total. The molecule has 0 aromatic carbocycles. The molecule has 0 amide bonds. The molecular formula is C6H11IO2. The van der Waals surface area contributed by atoms with E-state index < -0.39 is 0 Å². The van der Waals surface area contributed by atoms with Crippen LogP contribution in [0.4, 0.5) is 0 Å². The van der Waals surface area contributed by atoms with E-state index in [0.717, 1.165) is 13.2 Å². The fourth-order valence-corrected chi connectivity index (χ4v) is 1.41. The molecule has 2 nitrogen and oxygen atoms in total. The van der Waals surface area contributed by atoms with Crippen LogP contribution in [-0.4, -0.2) is 19.3 Å². The molecule has 9 heavy (non-hydrogen) atoms. The predicted molar refractivity (Wildman–Crippen MR) is 43.6 cm³/mol. The Morgan fingerprint density at radius 1 is 1.56 bits per heavy atom. The Hall–Kier alpha value is 0.650. The van der Waals surface area contributed by atoms with Crippen molar-refractivity contribution in [2.75, 3.05) is 13.2 Å². The minimum atomic E-state index is 0.371. The average molecular weight is 242 g/mol. The molecule has 1 aliphatic rings. The lowest BCUT2D eigenvalue weighted by Crippen LogP contribution is -2.22. The van der Waals surface area contributed by atoms with Crippen LogP contribution in [0.25, 0.3) is 0 Å². The molecule has 0 aromatic rings. The molecule has 1 heterocycles. The van der Waals surface area contributed by atoms with Gasteiger partial charge in [-0.25, -0.2) is 0 Å². The molecule has 1 fully saturated rings. The molecule has 0 bridgehead atoms. The van der Waals surface area contributed by atoms with E-state index in [1.807, 2.05) is 23.0 Å². The maximum Gasteiger partial charge on any atom is 0.109 e. The monoisotopic (exact) mass is 242 g/mol. The summed E-state index contributed by atoms with van der Waals surface area (Å²) in [6, 6.07) is 0. The molecule has 1 aliphatic heterocycles. The van der Waals surface area contributed by atoms with Gasteiger partial charge in [0.2, 0.25) is 0 Å². The van der Waals surface area contributed by atoms with Gasteiger partial charge in [0.25, 0.3) is 0 Å². The van der Waals surface area contributed by atoms with E-state index >= 15 is 0 Å². The standard InChI is InChI=1S/C6H11IO2/c7-9-5-6-3-1-2-4-8-6/h6H,1-5H2/t6-/m0/s1. The first-order valence-electron chi connectivity index (χ1n) is 3.28. The summed E-state index contributed by atoms with van der Waals surface area (Å²) in [5, 5.41) is 0. The quantitative estimate of drug-likeness (QED) is 0.689. The maximum atomic E-state index is 5.39. The minimum Gasteiger partial charge on any atom is -0.376 e. The Balaban J connectivity index is 2.08. The van der Waals surface area contributed by atoms with Crippen molar-refractivity contribution in [2.45, 2.75) is 25.4 Å². The molecule has 3 heteroatoms. The molecule has 0 aromatic heterocycles. The predicted octanol–water partition coefficient (Wildman–Crippen LogP) is 1.92. The third-order valence-corrected chi connectivity index (χ3v) is 1.88. The second-order valence-corrected chi connectivity index (χ2v) is 2.89. The molecule has 0 unspecified atom stereocenters. The van der Waals surface area contributed by atoms with E-state index in [4.69, 9.17) is 7.80 Å². The van der Waals surface area contributed by atoms with Crippen molar-refractivity contribution < 1.29 is 7.80 Å². The zero-order chi connectivity index (χ0) is 6.53. The summed E-state index contributed by atoms with van der Waals surface area (Å²) < 4.78 is 10.3. The molecule has 1 atom stereocenters. The second-order valence-electron chi connectivity index (χ2n) is 2.26. The van der Waals surface area contributed by atoms with Gasteiger partial charge in [0.15, 0.2) is 0 Å². The third kappa shape index (κ3) is 2.82. The van der Waals surface area contributed by atoms with E-state index in [0.29, 0.717) is 6.10 Å². The number of rotatable bonds is 2. The van der Waals surface area contributed by atoms with Gasteiger partial charge in [-0.15, -0.1) is 0 Å². The van der Waals surface area contributed by atoms with Crippen molar-refractivity contribution in [3.05, 3.63) is 0 Å². The summed E-state index contributed by atoms with van der Waals surface area (Å²) in [5.41, 5.74) is 0. The molecule has 0 aliphatic carbocycles. The highest BCUT2D eigenvalue weighted by Gasteiger charge is 2.12. The highest BCUT2D eigenvalue weighted by Crippen LogP contribution is 2.13. The first-order chi connectivity index (χ1) is 4.43. The number of halogens is 1. The van der Waals surface area contributed by atoms with Crippen LogP contribution in [0.5, 0.6) is 0 Å². The lowest BCUT2D eigenvalue weighted by molar-refractivity contribution is -0.00280. The first-order valence-corrected chi connectivity index (χ1v) is 4.16. The van der Waals surface area contributed by atoms with Crippen molar-refractivity contribution in [2.24, 2.45) is 0 Å². The molecule has 1 rings (SSSR count). The van der Waals surface area contributed by atoms with Crippen LogP contribution in [0.1, 0.15) is 19.3 Å². The molecule has 54 valence electrons. The number of hydrogen-bond acceptors (Lipinski definition) is 2. The fourth-order valence-electron chi connectivity index (χ4n) is 1.01. The Bertz CT molecular complexity index is 68.7. The third-order valence-electron chi connectivity index (χ3n) is 1.52. The minimum absolute atomic E-state index is 0.371. The highest BCUT2D eigenvalue weighted by molar-refractivity contribution is 14.1. The van der Waals surface area contributed by atoms with Crippen molar-refractivity contribution in [1.29, 1.82) is 0 Å². The van der Waals surface area contributed by atoms with Crippen LogP contribution in [0.3, 0.4) is 0 Å². The van der Waals surface area contributed by atoms with E-state index in [1.54, 1.807) is 0 Å². The fraction of sp³-hybridized carbons (Fsp3) is 1.00. The van der Waals surface area contributed by atoms with Crippen LogP contribution in [0, 0.1) is 0 Å². The van der Waals surface area contributed by atoms with Gasteiger partial charge in [-0.3, -0.25) is 0 Å². The Morgan fingerprint density at radius 2 is 2.44 bits per heavy atom. The molecular weight excluding hydrogens is 231 g/mol. The molecule has 0 spiro atoms. The van der Waals surface area contributed by atoms with Crippen LogP contribution in [0.15, 0.2) is 0 Å². The topological polar surface area (TPSA) is 18.5 Å². The second kappa shape index (κ2) is 4.46. The van der Waals surface area contributed by atoms with Crippen molar-refractivity contribution >= 4 is 23.0 Å². The Labute approximate surface area is 69.6 Å². The van der Waals surface area contributed by atoms with Gasteiger partial charge >= 0.3 is 0 Å². The Kier molecular flexibility index (Phi) is 3.85. The lowest BCUT2D eigenvalue weighted by Gasteiger charge is -2.20. The van der Waals surface area contributed by atoms with E-state index in [1.165, 1.54) is 19.3 Å². The maximum absolute atomic E-state index is 5.39.